The van der Waals surface area contributed by atoms with Gasteiger partial charge in [-0.1, -0.05) is 11.6 Å². The fourth-order valence-electron chi connectivity index (χ4n) is 3.19. The molecule has 3 rings (SSSR count). The summed E-state index contributed by atoms with van der Waals surface area (Å²) in [6.07, 6.45) is 7.04. The Labute approximate surface area is 128 Å². The number of halogens is 2. The zero-order chi connectivity index (χ0) is 13.2. The summed E-state index contributed by atoms with van der Waals surface area (Å²) in [7, 11) is 0. The van der Waals surface area contributed by atoms with Gasteiger partial charge in [-0.2, -0.15) is 0 Å². The summed E-state index contributed by atoms with van der Waals surface area (Å²) >= 11 is 9.68. The van der Waals surface area contributed by atoms with Crippen molar-refractivity contribution in [3.63, 3.8) is 0 Å². The van der Waals surface area contributed by atoms with Crippen molar-refractivity contribution in [2.75, 3.05) is 31.1 Å². The zero-order valence-electron chi connectivity index (χ0n) is 11.0. The highest BCUT2D eigenvalue weighted by Crippen LogP contribution is 2.29. The average Bonchev–Trinajstić information content (AvgIpc) is 2.93. The van der Waals surface area contributed by atoms with Crippen molar-refractivity contribution >= 4 is 33.3 Å². The molecule has 2 fully saturated rings. The van der Waals surface area contributed by atoms with Gasteiger partial charge in [0.1, 0.15) is 5.82 Å². The molecule has 3 heterocycles. The number of likely N-dealkylation sites (tertiary alicyclic amines) is 1. The van der Waals surface area contributed by atoms with Gasteiger partial charge in [0, 0.05) is 29.8 Å². The Morgan fingerprint density at radius 3 is 2.47 bits per heavy atom. The lowest BCUT2D eigenvalue weighted by Gasteiger charge is -2.37. The summed E-state index contributed by atoms with van der Waals surface area (Å²) < 4.78 is 0.938. The third kappa shape index (κ3) is 3.06. The maximum absolute atomic E-state index is 6.28. The molecule has 0 atom stereocenters. The van der Waals surface area contributed by atoms with Crippen LogP contribution < -0.4 is 4.90 Å². The molecule has 0 aromatic carbocycles. The van der Waals surface area contributed by atoms with Gasteiger partial charge in [-0.15, -0.1) is 0 Å². The third-order valence-corrected chi connectivity index (χ3v) is 4.92. The number of piperidine rings is 1. The van der Waals surface area contributed by atoms with Gasteiger partial charge in [-0.05, 0) is 60.8 Å². The van der Waals surface area contributed by atoms with Gasteiger partial charge in [-0.25, -0.2) is 4.98 Å². The van der Waals surface area contributed by atoms with Crippen molar-refractivity contribution in [2.45, 2.75) is 31.7 Å². The van der Waals surface area contributed by atoms with Crippen LogP contribution >= 0.6 is 27.5 Å². The molecule has 19 heavy (non-hydrogen) atoms. The minimum absolute atomic E-state index is 0.744. The predicted octanol–water partition coefficient (Wildman–Crippen LogP) is 3.56. The van der Waals surface area contributed by atoms with E-state index in [2.05, 4.69) is 30.7 Å². The Morgan fingerprint density at radius 1 is 1.16 bits per heavy atom. The molecule has 0 N–H and O–H groups in total. The molecule has 2 aliphatic heterocycles. The highest BCUT2D eigenvalue weighted by atomic mass is 79.9. The van der Waals surface area contributed by atoms with E-state index in [1.54, 1.807) is 0 Å². The zero-order valence-corrected chi connectivity index (χ0v) is 13.3. The number of aromatic nitrogens is 1. The van der Waals surface area contributed by atoms with E-state index in [-0.39, 0.29) is 0 Å². The van der Waals surface area contributed by atoms with Crippen LogP contribution in [0.4, 0.5) is 5.82 Å². The van der Waals surface area contributed by atoms with Crippen LogP contribution in [0, 0.1) is 0 Å². The number of hydrogen-bond acceptors (Lipinski definition) is 3. The molecule has 2 saturated heterocycles. The normalized spacial score (nSPS) is 22.1. The van der Waals surface area contributed by atoms with Crippen LogP contribution in [0.2, 0.25) is 5.02 Å². The van der Waals surface area contributed by atoms with E-state index in [9.17, 15) is 0 Å². The van der Waals surface area contributed by atoms with E-state index >= 15 is 0 Å². The Kier molecular flexibility index (Phi) is 4.30. The number of anilines is 1. The van der Waals surface area contributed by atoms with Crippen LogP contribution in [0.5, 0.6) is 0 Å². The molecule has 0 amide bonds. The SMILES string of the molecule is Clc1cc(Br)cnc1N1CCC(N2CCCC2)CC1. The summed E-state index contributed by atoms with van der Waals surface area (Å²) in [5.74, 6) is 0.935. The Hall–Kier alpha value is -0.320. The van der Waals surface area contributed by atoms with Crippen molar-refractivity contribution in [3.05, 3.63) is 21.8 Å². The van der Waals surface area contributed by atoms with E-state index in [4.69, 9.17) is 11.6 Å². The summed E-state index contributed by atoms with van der Waals surface area (Å²) in [5, 5.41) is 0.744. The molecule has 3 nitrogen and oxygen atoms in total. The van der Waals surface area contributed by atoms with E-state index < -0.39 is 0 Å². The molecule has 0 unspecified atom stereocenters. The molecule has 0 radical (unpaired) electrons. The molecule has 1 aromatic rings. The van der Waals surface area contributed by atoms with Gasteiger partial charge >= 0.3 is 0 Å². The van der Waals surface area contributed by atoms with Crippen molar-refractivity contribution < 1.29 is 0 Å². The van der Waals surface area contributed by atoms with Crippen molar-refractivity contribution in [3.8, 4) is 0 Å². The first-order valence-corrected chi connectivity index (χ1v) is 8.21. The summed E-state index contributed by atoms with van der Waals surface area (Å²) in [6, 6.07) is 2.70. The topological polar surface area (TPSA) is 19.4 Å². The molecular weight excluding hydrogens is 326 g/mol. The predicted molar refractivity (Wildman–Crippen MR) is 83.0 cm³/mol. The average molecular weight is 345 g/mol. The molecule has 5 heteroatoms. The molecule has 0 saturated carbocycles. The second-order valence-corrected chi connectivity index (χ2v) is 6.74. The second kappa shape index (κ2) is 5.98. The fourth-order valence-corrected chi connectivity index (χ4v) is 3.94. The number of rotatable bonds is 2. The van der Waals surface area contributed by atoms with Crippen molar-refractivity contribution in [1.82, 2.24) is 9.88 Å². The van der Waals surface area contributed by atoms with Crippen LogP contribution in [0.25, 0.3) is 0 Å². The largest absolute Gasteiger partial charge is 0.355 e. The fraction of sp³-hybridized carbons (Fsp3) is 0.643. The minimum atomic E-state index is 0.744. The lowest BCUT2D eigenvalue weighted by Crippen LogP contribution is -2.44. The van der Waals surface area contributed by atoms with Crippen LogP contribution in [0.1, 0.15) is 25.7 Å². The number of pyridine rings is 1. The van der Waals surface area contributed by atoms with Crippen LogP contribution in [-0.2, 0) is 0 Å². The number of hydrogen-bond donors (Lipinski definition) is 0. The Morgan fingerprint density at radius 2 is 1.84 bits per heavy atom. The van der Waals surface area contributed by atoms with Crippen LogP contribution in [0.15, 0.2) is 16.7 Å². The van der Waals surface area contributed by atoms with Crippen LogP contribution in [-0.4, -0.2) is 42.1 Å². The van der Waals surface area contributed by atoms with Gasteiger partial charge in [0.05, 0.1) is 5.02 Å². The van der Waals surface area contributed by atoms with E-state index in [0.29, 0.717) is 0 Å². The second-order valence-electron chi connectivity index (χ2n) is 5.42. The summed E-state index contributed by atoms with van der Waals surface area (Å²) in [6.45, 7) is 4.72. The quantitative estimate of drug-likeness (QED) is 0.818. The van der Waals surface area contributed by atoms with Crippen molar-refractivity contribution in [1.29, 1.82) is 0 Å². The molecule has 104 valence electrons. The maximum atomic E-state index is 6.28. The van der Waals surface area contributed by atoms with E-state index in [1.807, 2.05) is 12.3 Å². The van der Waals surface area contributed by atoms with E-state index in [0.717, 1.165) is 34.4 Å². The molecule has 0 aliphatic carbocycles. The van der Waals surface area contributed by atoms with Gasteiger partial charge in [-0.3, -0.25) is 0 Å². The Bertz CT molecular complexity index is 440. The van der Waals surface area contributed by atoms with E-state index in [1.165, 1.54) is 38.8 Å². The first-order valence-electron chi connectivity index (χ1n) is 7.04. The molecular formula is C14H19BrClN3. The van der Waals surface area contributed by atoms with Crippen molar-refractivity contribution in [2.24, 2.45) is 0 Å². The number of nitrogens with zero attached hydrogens (tertiary/aromatic N) is 3. The molecule has 0 spiro atoms. The van der Waals surface area contributed by atoms with Gasteiger partial charge in [0.25, 0.3) is 0 Å². The smallest absolute Gasteiger partial charge is 0.147 e. The third-order valence-electron chi connectivity index (χ3n) is 4.21. The molecule has 1 aromatic heterocycles. The highest BCUT2D eigenvalue weighted by Gasteiger charge is 2.27. The summed E-state index contributed by atoms with van der Waals surface area (Å²) in [4.78, 5) is 9.44. The minimum Gasteiger partial charge on any atom is -0.355 e. The standard InChI is InChI=1S/C14H19BrClN3/c15-11-9-13(16)14(17-10-11)19-7-3-12(4-8-19)18-5-1-2-6-18/h9-10,12H,1-8H2. The van der Waals surface area contributed by atoms with Gasteiger partial charge in [0.15, 0.2) is 0 Å². The Balaban J connectivity index is 1.63. The first-order chi connectivity index (χ1) is 9.24. The molecule has 2 aliphatic rings. The lowest BCUT2D eigenvalue weighted by molar-refractivity contribution is 0.207. The monoisotopic (exact) mass is 343 g/mol. The van der Waals surface area contributed by atoms with Gasteiger partial charge in [0.2, 0.25) is 0 Å². The lowest BCUT2D eigenvalue weighted by atomic mass is 10.0. The van der Waals surface area contributed by atoms with Crippen LogP contribution in [0.3, 0.4) is 0 Å². The molecule has 0 bridgehead atoms. The highest BCUT2D eigenvalue weighted by molar-refractivity contribution is 9.10. The summed E-state index contributed by atoms with van der Waals surface area (Å²) in [5.41, 5.74) is 0. The first kappa shape index (κ1) is 13.7. The van der Waals surface area contributed by atoms with Gasteiger partial charge < -0.3 is 9.80 Å². The maximum Gasteiger partial charge on any atom is 0.147 e.